The van der Waals surface area contributed by atoms with Crippen molar-refractivity contribution in [1.82, 2.24) is 10.0 Å². The van der Waals surface area contributed by atoms with Gasteiger partial charge in [0.05, 0.1) is 10.9 Å². The second kappa shape index (κ2) is 10.0. The van der Waals surface area contributed by atoms with Gasteiger partial charge in [-0.15, -0.1) is 0 Å². The minimum absolute atomic E-state index is 0.153. The van der Waals surface area contributed by atoms with Crippen LogP contribution in [0.25, 0.3) is 0 Å². The van der Waals surface area contributed by atoms with Crippen molar-refractivity contribution in [3.8, 4) is 5.75 Å². The Bertz CT molecular complexity index is 932. The van der Waals surface area contributed by atoms with Crippen molar-refractivity contribution in [2.45, 2.75) is 38.1 Å². The molecule has 2 aromatic carbocycles. The average molecular weight is 469 g/mol. The van der Waals surface area contributed by atoms with E-state index in [2.05, 4.69) is 26.0 Å². The van der Waals surface area contributed by atoms with E-state index in [9.17, 15) is 13.2 Å². The molecule has 0 saturated heterocycles. The van der Waals surface area contributed by atoms with Crippen LogP contribution in [0.15, 0.2) is 51.8 Å². The van der Waals surface area contributed by atoms with Gasteiger partial charge in [0.2, 0.25) is 10.0 Å². The maximum atomic E-state index is 12.2. The van der Waals surface area contributed by atoms with Crippen LogP contribution >= 0.6 is 15.9 Å². The first-order chi connectivity index (χ1) is 13.2. The highest BCUT2D eigenvalue weighted by atomic mass is 79.9. The fourth-order valence-electron chi connectivity index (χ4n) is 2.56. The van der Waals surface area contributed by atoms with Crippen LogP contribution in [0, 0.1) is 6.92 Å². The molecule has 0 aliphatic heterocycles. The topological polar surface area (TPSA) is 84.5 Å². The molecule has 6 nitrogen and oxygen atoms in total. The van der Waals surface area contributed by atoms with Gasteiger partial charge in [0.1, 0.15) is 5.75 Å². The molecular weight excluding hydrogens is 444 g/mol. The highest BCUT2D eigenvalue weighted by molar-refractivity contribution is 9.10. The molecule has 0 fully saturated rings. The van der Waals surface area contributed by atoms with Crippen molar-refractivity contribution in [2.75, 3.05) is 13.2 Å². The van der Waals surface area contributed by atoms with Gasteiger partial charge in [0, 0.05) is 11.0 Å². The van der Waals surface area contributed by atoms with Gasteiger partial charge in [0.15, 0.2) is 6.61 Å². The number of aryl methyl sites for hydroxylation is 1. The van der Waals surface area contributed by atoms with E-state index in [1.807, 2.05) is 38.1 Å². The molecule has 8 heteroatoms. The van der Waals surface area contributed by atoms with Gasteiger partial charge in [-0.05, 0) is 61.7 Å². The van der Waals surface area contributed by atoms with Crippen LogP contribution in [0.2, 0.25) is 0 Å². The van der Waals surface area contributed by atoms with E-state index < -0.39 is 10.0 Å². The highest BCUT2D eigenvalue weighted by Gasteiger charge is 2.15. The Morgan fingerprint density at radius 3 is 2.61 bits per heavy atom. The zero-order valence-corrected chi connectivity index (χ0v) is 18.6. The number of carbonyl (C=O) groups is 1. The smallest absolute Gasteiger partial charge is 0.258 e. The first-order valence-corrected chi connectivity index (χ1v) is 11.3. The predicted octanol–water partition coefficient (Wildman–Crippen LogP) is 3.70. The lowest BCUT2D eigenvalue weighted by molar-refractivity contribution is -0.123. The number of rotatable bonds is 9. The summed E-state index contributed by atoms with van der Waals surface area (Å²) < 4.78 is 33.4. The number of ether oxygens (including phenoxy) is 1. The number of sulfonamides is 1. The summed E-state index contributed by atoms with van der Waals surface area (Å²) in [6.07, 6.45) is 0.715. The van der Waals surface area contributed by atoms with Gasteiger partial charge in [-0.2, -0.15) is 0 Å². The number of halogens is 1. The van der Waals surface area contributed by atoms with E-state index in [1.165, 1.54) is 12.1 Å². The predicted molar refractivity (Wildman–Crippen MR) is 113 cm³/mol. The maximum absolute atomic E-state index is 12.2. The van der Waals surface area contributed by atoms with E-state index in [4.69, 9.17) is 4.74 Å². The number of nitrogens with one attached hydrogen (secondary N) is 2. The van der Waals surface area contributed by atoms with Crippen LogP contribution in [-0.2, 0) is 14.8 Å². The summed E-state index contributed by atoms with van der Waals surface area (Å²) in [5, 5.41) is 2.88. The van der Waals surface area contributed by atoms with Gasteiger partial charge in [-0.1, -0.05) is 35.0 Å². The summed E-state index contributed by atoms with van der Waals surface area (Å²) in [4.78, 5) is 12.4. The van der Waals surface area contributed by atoms with Crippen molar-refractivity contribution in [2.24, 2.45) is 0 Å². The molecule has 2 rings (SSSR count). The second-order valence-corrected chi connectivity index (χ2v) is 9.14. The Hall–Kier alpha value is -1.90. The number of hydrogen-bond acceptors (Lipinski definition) is 4. The van der Waals surface area contributed by atoms with Gasteiger partial charge >= 0.3 is 0 Å². The van der Waals surface area contributed by atoms with Crippen LogP contribution in [0.4, 0.5) is 0 Å². The number of benzene rings is 2. The summed E-state index contributed by atoms with van der Waals surface area (Å²) in [6.45, 7) is 5.77. The Balaban J connectivity index is 1.96. The fraction of sp³-hybridized carbons (Fsp3) is 0.350. The minimum atomic E-state index is -3.53. The third-order valence-corrected chi connectivity index (χ3v) is 6.04. The van der Waals surface area contributed by atoms with Gasteiger partial charge in [-0.3, -0.25) is 4.79 Å². The highest BCUT2D eigenvalue weighted by Crippen LogP contribution is 2.22. The lowest BCUT2D eigenvalue weighted by Crippen LogP contribution is -2.31. The van der Waals surface area contributed by atoms with Gasteiger partial charge in [0.25, 0.3) is 5.91 Å². The Labute approximate surface area is 174 Å². The molecule has 2 N–H and O–H groups in total. The molecular formula is C20H25BrN2O4S. The molecule has 0 radical (unpaired) electrons. The molecule has 0 aromatic heterocycles. The number of amides is 1. The van der Waals surface area contributed by atoms with E-state index in [1.54, 1.807) is 13.0 Å². The fourth-order valence-corrected chi connectivity index (χ4v) is 4.19. The monoisotopic (exact) mass is 468 g/mol. The lowest BCUT2D eigenvalue weighted by Gasteiger charge is -2.16. The Morgan fingerprint density at radius 2 is 1.96 bits per heavy atom. The summed E-state index contributed by atoms with van der Waals surface area (Å²) in [5.41, 5.74) is 1.63. The van der Waals surface area contributed by atoms with Crippen molar-refractivity contribution >= 4 is 31.9 Å². The molecule has 2 aromatic rings. The lowest BCUT2D eigenvalue weighted by atomic mass is 10.1. The van der Waals surface area contributed by atoms with E-state index in [-0.39, 0.29) is 23.5 Å². The standard InChI is InChI=1S/C20H25BrN2O4S/c1-4-10-22-28(25,26)18-8-9-19(14(2)11-18)27-13-20(24)23-15(3)16-6-5-7-17(21)12-16/h5-9,11-12,15,22H,4,10,13H2,1-3H3,(H,23,24)/t15-/m1/s1. The van der Waals surface area contributed by atoms with Crippen molar-refractivity contribution in [3.05, 3.63) is 58.1 Å². The molecule has 1 atom stereocenters. The third kappa shape index (κ3) is 6.32. The maximum Gasteiger partial charge on any atom is 0.258 e. The average Bonchev–Trinajstić information content (AvgIpc) is 2.65. The molecule has 0 unspecified atom stereocenters. The Kier molecular flexibility index (Phi) is 8.03. The molecule has 0 spiro atoms. The quantitative estimate of drug-likeness (QED) is 0.587. The first kappa shape index (κ1) is 22.4. The first-order valence-electron chi connectivity index (χ1n) is 9.01. The zero-order chi connectivity index (χ0) is 20.7. The molecule has 0 aliphatic carbocycles. The molecule has 152 valence electrons. The van der Waals surface area contributed by atoms with E-state index in [0.717, 1.165) is 10.0 Å². The largest absolute Gasteiger partial charge is 0.484 e. The summed E-state index contributed by atoms with van der Waals surface area (Å²) in [6, 6.07) is 12.1. The van der Waals surface area contributed by atoms with Crippen molar-refractivity contribution < 1.29 is 17.9 Å². The molecule has 0 bridgehead atoms. The summed E-state index contributed by atoms with van der Waals surface area (Å²) in [7, 11) is -3.53. The molecule has 28 heavy (non-hydrogen) atoms. The van der Waals surface area contributed by atoms with Crippen LogP contribution < -0.4 is 14.8 Å². The van der Waals surface area contributed by atoms with Gasteiger partial charge < -0.3 is 10.1 Å². The summed E-state index contributed by atoms with van der Waals surface area (Å²) >= 11 is 3.41. The number of hydrogen-bond donors (Lipinski definition) is 2. The second-order valence-electron chi connectivity index (χ2n) is 6.46. The molecule has 0 saturated carbocycles. The molecule has 0 aliphatic rings. The molecule has 0 heterocycles. The normalized spacial score (nSPS) is 12.4. The van der Waals surface area contributed by atoms with Crippen molar-refractivity contribution in [3.63, 3.8) is 0 Å². The Morgan fingerprint density at radius 1 is 1.21 bits per heavy atom. The third-order valence-electron chi connectivity index (χ3n) is 4.08. The van der Waals surface area contributed by atoms with Crippen LogP contribution in [0.1, 0.15) is 37.4 Å². The zero-order valence-electron chi connectivity index (χ0n) is 16.2. The SMILES string of the molecule is CCCNS(=O)(=O)c1ccc(OCC(=O)N[C@H](C)c2cccc(Br)c2)c(C)c1. The van der Waals surface area contributed by atoms with Crippen molar-refractivity contribution in [1.29, 1.82) is 0 Å². The minimum Gasteiger partial charge on any atom is -0.484 e. The molecule has 1 amide bonds. The number of carbonyl (C=O) groups excluding carboxylic acids is 1. The van der Waals surface area contributed by atoms with Crippen LogP contribution in [0.3, 0.4) is 0 Å². The van der Waals surface area contributed by atoms with Crippen LogP contribution in [0.5, 0.6) is 5.75 Å². The van der Waals surface area contributed by atoms with E-state index in [0.29, 0.717) is 24.3 Å². The van der Waals surface area contributed by atoms with E-state index >= 15 is 0 Å². The van der Waals surface area contributed by atoms with Crippen LogP contribution in [-0.4, -0.2) is 27.5 Å². The summed E-state index contributed by atoms with van der Waals surface area (Å²) in [5.74, 6) is 0.216. The van der Waals surface area contributed by atoms with Gasteiger partial charge in [-0.25, -0.2) is 13.1 Å².